The SMILES string of the molecule is CC1CCCN(Cc2cnc(Cl)cc2Cl)C1C. The van der Waals surface area contributed by atoms with Crippen LogP contribution < -0.4 is 0 Å². The van der Waals surface area contributed by atoms with E-state index in [1.807, 2.05) is 0 Å². The highest BCUT2D eigenvalue weighted by Gasteiger charge is 2.25. The predicted molar refractivity (Wildman–Crippen MR) is 72.5 cm³/mol. The Labute approximate surface area is 113 Å². The molecule has 0 N–H and O–H groups in total. The molecule has 0 amide bonds. The molecular formula is C13H18Cl2N2. The average Bonchev–Trinajstić information content (AvgIpc) is 2.28. The summed E-state index contributed by atoms with van der Waals surface area (Å²) in [4.78, 5) is 6.58. The standard InChI is InChI=1S/C13H18Cl2N2/c1-9-4-3-5-17(10(9)2)8-11-7-16-13(15)6-12(11)14/h6-7,9-10H,3-5,8H2,1-2H3. The molecule has 1 aliphatic heterocycles. The summed E-state index contributed by atoms with van der Waals surface area (Å²) < 4.78 is 0. The smallest absolute Gasteiger partial charge is 0.130 e. The molecule has 1 aliphatic rings. The summed E-state index contributed by atoms with van der Waals surface area (Å²) in [5, 5.41) is 1.18. The van der Waals surface area contributed by atoms with Gasteiger partial charge in [0.25, 0.3) is 0 Å². The highest BCUT2D eigenvalue weighted by atomic mass is 35.5. The van der Waals surface area contributed by atoms with Gasteiger partial charge in [0.2, 0.25) is 0 Å². The lowest BCUT2D eigenvalue weighted by atomic mass is 9.92. The number of hydrogen-bond donors (Lipinski definition) is 0. The minimum atomic E-state index is 0.457. The van der Waals surface area contributed by atoms with Gasteiger partial charge in [-0.15, -0.1) is 0 Å². The second-order valence-electron chi connectivity index (χ2n) is 4.93. The zero-order chi connectivity index (χ0) is 12.4. The van der Waals surface area contributed by atoms with Crippen molar-refractivity contribution in [2.45, 2.75) is 39.3 Å². The van der Waals surface area contributed by atoms with E-state index in [0.717, 1.165) is 29.6 Å². The molecule has 1 saturated heterocycles. The number of nitrogens with zero attached hydrogens (tertiary/aromatic N) is 2. The van der Waals surface area contributed by atoms with Crippen LogP contribution in [0.15, 0.2) is 12.3 Å². The van der Waals surface area contributed by atoms with Gasteiger partial charge in [-0.25, -0.2) is 4.98 Å². The second-order valence-corrected chi connectivity index (χ2v) is 5.72. The monoisotopic (exact) mass is 272 g/mol. The van der Waals surface area contributed by atoms with E-state index in [1.165, 1.54) is 12.8 Å². The Bertz CT molecular complexity index is 395. The maximum Gasteiger partial charge on any atom is 0.130 e. The topological polar surface area (TPSA) is 16.1 Å². The summed E-state index contributed by atoms with van der Waals surface area (Å²) in [6.07, 6.45) is 4.38. The molecule has 4 heteroatoms. The summed E-state index contributed by atoms with van der Waals surface area (Å²) in [6, 6.07) is 2.33. The number of piperidine rings is 1. The Morgan fingerprint density at radius 2 is 2.18 bits per heavy atom. The van der Waals surface area contributed by atoms with Crippen LogP contribution in [-0.2, 0) is 6.54 Å². The van der Waals surface area contributed by atoms with Gasteiger partial charge in [0.15, 0.2) is 0 Å². The summed E-state index contributed by atoms with van der Waals surface area (Å²) in [7, 11) is 0. The first-order valence-corrected chi connectivity index (χ1v) is 6.87. The van der Waals surface area contributed by atoms with E-state index < -0.39 is 0 Å². The summed E-state index contributed by atoms with van der Waals surface area (Å²) >= 11 is 12.0. The highest BCUT2D eigenvalue weighted by Crippen LogP contribution is 2.27. The predicted octanol–water partition coefficient (Wildman–Crippen LogP) is 4.01. The van der Waals surface area contributed by atoms with Gasteiger partial charge in [0, 0.05) is 29.4 Å². The third kappa shape index (κ3) is 3.12. The van der Waals surface area contributed by atoms with E-state index in [1.54, 1.807) is 12.3 Å². The molecule has 0 aliphatic carbocycles. The molecule has 2 nitrogen and oxygen atoms in total. The lowest BCUT2D eigenvalue weighted by Gasteiger charge is -2.38. The Morgan fingerprint density at radius 3 is 2.88 bits per heavy atom. The molecule has 2 rings (SSSR count). The minimum Gasteiger partial charge on any atom is -0.296 e. The molecule has 0 bridgehead atoms. The number of likely N-dealkylation sites (tertiary alicyclic amines) is 1. The lowest BCUT2D eigenvalue weighted by molar-refractivity contribution is 0.106. The van der Waals surface area contributed by atoms with E-state index in [-0.39, 0.29) is 0 Å². The molecule has 1 fully saturated rings. The first-order chi connectivity index (χ1) is 8.08. The largest absolute Gasteiger partial charge is 0.296 e. The van der Waals surface area contributed by atoms with Crippen LogP contribution in [0.1, 0.15) is 32.3 Å². The van der Waals surface area contributed by atoms with Gasteiger partial charge in [-0.1, -0.05) is 30.1 Å². The van der Waals surface area contributed by atoms with Crippen LogP contribution in [0, 0.1) is 5.92 Å². The molecule has 2 heterocycles. The van der Waals surface area contributed by atoms with E-state index >= 15 is 0 Å². The molecule has 0 spiro atoms. The van der Waals surface area contributed by atoms with Crippen LogP contribution in [0.5, 0.6) is 0 Å². The normalized spacial score (nSPS) is 26.1. The zero-order valence-electron chi connectivity index (χ0n) is 10.3. The van der Waals surface area contributed by atoms with Crippen LogP contribution in [0.4, 0.5) is 0 Å². The van der Waals surface area contributed by atoms with E-state index in [0.29, 0.717) is 11.2 Å². The van der Waals surface area contributed by atoms with Gasteiger partial charge in [-0.3, -0.25) is 4.90 Å². The van der Waals surface area contributed by atoms with Crippen molar-refractivity contribution in [2.24, 2.45) is 5.92 Å². The molecule has 0 saturated carbocycles. The van der Waals surface area contributed by atoms with Crippen molar-refractivity contribution in [3.63, 3.8) is 0 Å². The quantitative estimate of drug-likeness (QED) is 0.757. The van der Waals surface area contributed by atoms with Gasteiger partial charge in [0.05, 0.1) is 0 Å². The first kappa shape index (κ1) is 13.1. The molecule has 94 valence electrons. The van der Waals surface area contributed by atoms with E-state index in [4.69, 9.17) is 23.2 Å². The summed E-state index contributed by atoms with van der Waals surface area (Å²) in [5.74, 6) is 0.753. The minimum absolute atomic E-state index is 0.457. The fraction of sp³-hybridized carbons (Fsp3) is 0.615. The summed E-state index contributed by atoms with van der Waals surface area (Å²) in [6.45, 7) is 6.62. The van der Waals surface area contributed by atoms with E-state index in [2.05, 4.69) is 23.7 Å². The number of hydrogen-bond acceptors (Lipinski definition) is 2. The third-order valence-corrected chi connectivity index (χ3v) is 4.33. The van der Waals surface area contributed by atoms with Crippen molar-refractivity contribution in [1.82, 2.24) is 9.88 Å². The average molecular weight is 273 g/mol. The van der Waals surface area contributed by atoms with Crippen molar-refractivity contribution in [3.05, 3.63) is 28.0 Å². The number of pyridine rings is 1. The molecule has 2 atom stereocenters. The fourth-order valence-corrected chi connectivity index (χ4v) is 2.84. The van der Waals surface area contributed by atoms with Crippen LogP contribution in [-0.4, -0.2) is 22.5 Å². The van der Waals surface area contributed by atoms with Gasteiger partial charge in [-0.2, -0.15) is 0 Å². The van der Waals surface area contributed by atoms with Crippen molar-refractivity contribution < 1.29 is 0 Å². The Balaban J connectivity index is 2.09. The highest BCUT2D eigenvalue weighted by molar-refractivity contribution is 6.34. The first-order valence-electron chi connectivity index (χ1n) is 6.12. The number of aromatic nitrogens is 1. The van der Waals surface area contributed by atoms with Crippen molar-refractivity contribution in [2.75, 3.05) is 6.54 Å². The molecule has 1 aromatic rings. The van der Waals surface area contributed by atoms with Crippen LogP contribution >= 0.6 is 23.2 Å². The molecule has 2 unspecified atom stereocenters. The maximum atomic E-state index is 6.18. The van der Waals surface area contributed by atoms with Gasteiger partial charge in [-0.05, 0) is 38.3 Å². The zero-order valence-corrected chi connectivity index (χ0v) is 11.8. The molecule has 0 aromatic carbocycles. The van der Waals surface area contributed by atoms with Crippen LogP contribution in [0.3, 0.4) is 0 Å². The maximum absolute atomic E-state index is 6.18. The second kappa shape index (κ2) is 5.55. The molecule has 17 heavy (non-hydrogen) atoms. The van der Waals surface area contributed by atoms with E-state index in [9.17, 15) is 0 Å². The van der Waals surface area contributed by atoms with Gasteiger partial charge >= 0.3 is 0 Å². The Hall–Kier alpha value is -0.310. The molecule has 1 aromatic heterocycles. The van der Waals surface area contributed by atoms with Crippen molar-refractivity contribution in [1.29, 1.82) is 0 Å². The Morgan fingerprint density at radius 1 is 1.41 bits per heavy atom. The number of halogens is 2. The van der Waals surface area contributed by atoms with Crippen LogP contribution in [0.25, 0.3) is 0 Å². The fourth-order valence-electron chi connectivity index (χ4n) is 2.42. The van der Waals surface area contributed by atoms with Gasteiger partial charge < -0.3 is 0 Å². The van der Waals surface area contributed by atoms with Gasteiger partial charge in [0.1, 0.15) is 5.15 Å². The number of rotatable bonds is 2. The third-order valence-electron chi connectivity index (χ3n) is 3.77. The van der Waals surface area contributed by atoms with Crippen molar-refractivity contribution in [3.8, 4) is 0 Å². The van der Waals surface area contributed by atoms with Crippen LogP contribution in [0.2, 0.25) is 10.2 Å². The Kier molecular flexibility index (Phi) is 4.29. The van der Waals surface area contributed by atoms with Crippen molar-refractivity contribution >= 4 is 23.2 Å². The summed E-state index contributed by atoms with van der Waals surface area (Å²) in [5.41, 5.74) is 1.07. The lowest BCUT2D eigenvalue weighted by Crippen LogP contribution is -2.41. The molecular weight excluding hydrogens is 255 g/mol. The molecule has 0 radical (unpaired) electrons.